The first kappa shape index (κ1) is 10.2. The van der Waals surface area contributed by atoms with Crippen LogP contribution in [0.3, 0.4) is 0 Å². The Balaban J connectivity index is 2.05. The summed E-state index contributed by atoms with van der Waals surface area (Å²) >= 11 is 0. The Morgan fingerprint density at radius 2 is 2.40 bits per heavy atom. The van der Waals surface area contributed by atoms with E-state index in [0.717, 1.165) is 12.8 Å². The Labute approximate surface area is 88.5 Å². The van der Waals surface area contributed by atoms with Gasteiger partial charge in [-0.3, -0.25) is 0 Å². The summed E-state index contributed by atoms with van der Waals surface area (Å²) < 4.78 is 5.26. The van der Waals surface area contributed by atoms with Gasteiger partial charge < -0.3 is 15.2 Å². The van der Waals surface area contributed by atoms with E-state index in [4.69, 9.17) is 9.84 Å². The number of aromatic nitrogens is 2. The van der Waals surface area contributed by atoms with Gasteiger partial charge >= 0.3 is 0 Å². The lowest BCUT2D eigenvalue weighted by molar-refractivity contribution is 0.265. The van der Waals surface area contributed by atoms with Gasteiger partial charge in [0, 0.05) is 12.3 Å². The van der Waals surface area contributed by atoms with Gasteiger partial charge in [0.05, 0.1) is 18.8 Å². The Morgan fingerprint density at radius 3 is 3.00 bits per heavy atom. The smallest absolute Gasteiger partial charge is 0.226 e. The predicted octanol–water partition coefficient (Wildman–Crippen LogP) is 0.812. The number of nitrogens with one attached hydrogen (secondary N) is 1. The molecular formula is C10H15N3O2. The van der Waals surface area contributed by atoms with Crippen LogP contribution in [0.1, 0.15) is 19.8 Å². The number of hydrogen-bond acceptors (Lipinski definition) is 5. The van der Waals surface area contributed by atoms with Crippen LogP contribution in [0.25, 0.3) is 0 Å². The Kier molecular flexibility index (Phi) is 2.73. The van der Waals surface area contributed by atoms with E-state index in [0.29, 0.717) is 18.4 Å². The molecule has 1 aromatic rings. The lowest BCUT2D eigenvalue weighted by Gasteiger charge is -2.14. The summed E-state index contributed by atoms with van der Waals surface area (Å²) in [4.78, 5) is 8.26. The Morgan fingerprint density at radius 1 is 1.60 bits per heavy atom. The summed E-state index contributed by atoms with van der Waals surface area (Å²) in [6, 6.07) is 1.72. The van der Waals surface area contributed by atoms with Gasteiger partial charge in [-0.1, -0.05) is 0 Å². The van der Waals surface area contributed by atoms with Crippen LogP contribution in [0, 0.1) is 0 Å². The fourth-order valence-corrected chi connectivity index (χ4v) is 1.34. The highest BCUT2D eigenvalue weighted by Crippen LogP contribution is 2.37. The molecule has 1 fully saturated rings. The van der Waals surface area contributed by atoms with Crippen molar-refractivity contribution < 1.29 is 9.84 Å². The molecular weight excluding hydrogens is 194 g/mol. The zero-order valence-electron chi connectivity index (χ0n) is 8.73. The van der Waals surface area contributed by atoms with Crippen molar-refractivity contribution in [3.8, 4) is 5.88 Å². The monoisotopic (exact) mass is 209 g/mol. The molecule has 2 N–H and O–H groups in total. The SMILES string of the molecule is CCOc1ccnc(NC2(CO)CC2)n1. The van der Waals surface area contributed by atoms with E-state index >= 15 is 0 Å². The van der Waals surface area contributed by atoms with Crippen LogP contribution >= 0.6 is 0 Å². The van der Waals surface area contributed by atoms with Crippen molar-refractivity contribution in [2.24, 2.45) is 0 Å². The van der Waals surface area contributed by atoms with Gasteiger partial charge in [-0.2, -0.15) is 4.98 Å². The van der Waals surface area contributed by atoms with Gasteiger partial charge in [0.25, 0.3) is 0 Å². The fourth-order valence-electron chi connectivity index (χ4n) is 1.34. The molecule has 0 amide bonds. The van der Waals surface area contributed by atoms with E-state index in [1.165, 1.54) is 0 Å². The maximum absolute atomic E-state index is 9.14. The summed E-state index contributed by atoms with van der Waals surface area (Å²) in [6.45, 7) is 2.61. The van der Waals surface area contributed by atoms with Gasteiger partial charge in [0.15, 0.2) is 0 Å². The summed E-state index contributed by atoms with van der Waals surface area (Å²) in [7, 11) is 0. The molecule has 0 aliphatic heterocycles. The average Bonchev–Trinajstić information content (AvgIpc) is 3.00. The lowest BCUT2D eigenvalue weighted by atomic mass is 10.3. The third-order valence-electron chi connectivity index (χ3n) is 2.46. The fraction of sp³-hybridized carbons (Fsp3) is 0.600. The highest BCUT2D eigenvalue weighted by atomic mass is 16.5. The van der Waals surface area contributed by atoms with Crippen molar-refractivity contribution in [3.05, 3.63) is 12.3 Å². The number of ether oxygens (including phenoxy) is 1. The van der Waals surface area contributed by atoms with Crippen LogP contribution in [0.4, 0.5) is 5.95 Å². The van der Waals surface area contributed by atoms with Crippen LogP contribution in [0.5, 0.6) is 5.88 Å². The highest BCUT2D eigenvalue weighted by molar-refractivity contribution is 5.35. The molecule has 2 rings (SSSR count). The third kappa shape index (κ3) is 2.36. The van der Waals surface area contributed by atoms with Gasteiger partial charge in [0.2, 0.25) is 11.8 Å². The Hall–Kier alpha value is -1.36. The van der Waals surface area contributed by atoms with Crippen LogP contribution in [0.15, 0.2) is 12.3 Å². The van der Waals surface area contributed by atoms with Gasteiger partial charge in [-0.05, 0) is 19.8 Å². The summed E-state index contributed by atoms with van der Waals surface area (Å²) in [5, 5.41) is 12.3. The average molecular weight is 209 g/mol. The second-order valence-corrected chi connectivity index (χ2v) is 3.71. The minimum atomic E-state index is -0.190. The Bertz CT molecular complexity index is 339. The zero-order valence-corrected chi connectivity index (χ0v) is 8.73. The molecule has 0 bridgehead atoms. The first-order valence-corrected chi connectivity index (χ1v) is 5.13. The van der Waals surface area contributed by atoms with Gasteiger partial charge in [-0.15, -0.1) is 0 Å². The molecule has 0 saturated heterocycles. The third-order valence-corrected chi connectivity index (χ3v) is 2.46. The van der Waals surface area contributed by atoms with Crippen LogP contribution in [-0.4, -0.2) is 33.8 Å². The predicted molar refractivity (Wildman–Crippen MR) is 55.9 cm³/mol. The minimum absolute atomic E-state index is 0.120. The highest BCUT2D eigenvalue weighted by Gasteiger charge is 2.42. The molecule has 0 spiro atoms. The molecule has 1 aliphatic rings. The number of anilines is 1. The lowest BCUT2D eigenvalue weighted by Crippen LogP contribution is -2.26. The molecule has 0 aromatic carbocycles. The van der Waals surface area contributed by atoms with Crippen LogP contribution in [-0.2, 0) is 0 Å². The molecule has 15 heavy (non-hydrogen) atoms. The molecule has 1 aromatic heterocycles. The molecule has 1 saturated carbocycles. The standard InChI is InChI=1S/C10H15N3O2/c1-2-15-8-3-6-11-9(12-8)13-10(7-14)4-5-10/h3,6,14H,2,4-5,7H2,1H3,(H,11,12,13). The molecule has 0 unspecified atom stereocenters. The number of rotatable bonds is 5. The van der Waals surface area contributed by atoms with Crippen LogP contribution < -0.4 is 10.1 Å². The van der Waals surface area contributed by atoms with E-state index in [1.54, 1.807) is 12.3 Å². The quantitative estimate of drug-likeness (QED) is 0.751. The van der Waals surface area contributed by atoms with Crippen molar-refractivity contribution >= 4 is 5.95 Å². The molecule has 5 nitrogen and oxygen atoms in total. The largest absolute Gasteiger partial charge is 0.478 e. The summed E-state index contributed by atoms with van der Waals surface area (Å²) in [5.41, 5.74) is -0.190. The molecule has 0 radical (unpaired) electrons. The summed E-state index contributed by atoms with van der Waals surface area (Å²) in [5.74, 6) is 1.08. The van der Waals surface area contributed by atoms with Crippen molar-refractivity contribution in [1.82, 2.24) is 9.97 Å². The van der Waals surface area contributed by atoms with E-state index < -0.39 is 0 Å². The van der Waals surface area contributed by atoms with Crippen molar-refractivity contribution in [2.75, 3.05) is 18.5 Å². The normalized spacial score (nSPS) is 17.2. The van der Waals surface area contributed by atoms with Crippen molar-refractivity contribution in [3.63, 3.8) is 0 Å². The van der Waals surface area contributed by atoms with Crippen molar-refractivity contribution in [1.29, 1.82) is 0 Å². The molecule has 5 heteroatoms. The molecule has 0 atom stereocenters. The van der Waals surface area contributed by atoms with Gasteiger partial charge in [0.1, 0.15) is 0 Å². The van der Waals surface area contributed by atoms with E-state index in [2.05, 4.69) is 15.3 Å². The maximum Gasteiger partial charge on any atom is 0.226 e. The van der Waals surface area contributed by atoms with Gasteiger partial charge in [-0.25, -0.2) is 4.98 Å². The van der Waals surface area contributed by atoms with Crippen LogP contribution in [0.2, 0.25) is 0 Å². The van der Waals surface area contributed by atoms with E-state index in [9.17, 15) is 0 Å². The number of aliphatic hydroxyl groups is 1. The summed E-state index contributed by atoms with van der Waals surface area (Å²) in [6.07, 6.45) is 3.57. The van der Waals surface area contributed by atoms with Crippen molar-refractivity contribution in [2.45, 2.75) is 25.3 Å². The van der Waals surface area contributed by atoms with E-state index in [-0.39, 0.29) is 12.1 Å². The molecule has 1 heterocycles. The minimum Gasteiger partial charge on any atom is -0.478 e. The molecule has 82 valence electrons. The number of aliphatic hydroxyl groups excluding tert-OH is 1. The second-order valence-electron chi connectivity index (χ2n) is 3.71. The topological polar surface area (TPSA) is 67.3 Å². The number of hydrogen-bond donors (Lipinski definition) is 2. The van der Waals surface area contributed by atoms with E-state index in [1.807, 2.05) is 6.92 Å². The maximum atomic E-state index is 9.14. The second kappa shape index (κ2) is 4.02. The first-order chi connectivity index (χ1) is 7.28. The number of nitrogens with zero attached hydrogens (tertiary/aromatic N) is 2. The molecule has 1 aliphatic carbocycles. The zero-order chi connectivity index (χ0) is 10.7. The first-order valence-electron chi connectivity index (χ1n) is 5.13.